The first-order chi connectivity index (χ1) is 17.4. The zero-order valence-electron chi connectivity index (χ0n) is 20.4. The number of amides is 1. The van der Waals surface area contributed by atoms with Crippen LogP contribution < -0.4 is 5.32 Å². The molecule has 1 aliphatic rings. The van der Waals surface area contributed by atoms with Crippen molar-refractivity contribution in [2.75, 3.05) is 20.3 Å². The van der Waals surface area contributed by atoms with E-state index >= 15 is 0 Å². The van der Waals surface area contributed by atoms with Crippen molar-refractivity contribution in [2.24, 2.45) is 0 Å². The third kappa shape index (κ3) is 8.50. The molecule has 1 amide bonds. The molecule has 1 fully saturated rings. The monoisotopic (exact) mass is 526 g/mol. The number of esters is 4. The molecule has 1 N–H and O–H groups in total. The number of rotatable bonds is 10. The Morgan fingerprint density at radius 1 is 0.973 bits per heavy atom. The van der Waals surface area contributed by atoms with Gasteiger partial charge in [0, 0.05) is 38.5 Å². The van der Waals surface area contributed by atoms with Gasteiger partial charge in [0.1, 0.15) is 31.5 Å². The van der Waals surface area contributed by atoms with Gasteiger partial charge in [0.25, 0.3) is 11.6 Å². The number of benzene rings is 1. The third-order valence-electron chi connectivity index (χ3n) is 4.94. The lowest BCUT2D eigenvalue weighted by atomic mass is 9.95. The molecule has 1 aromatic carbocycles. The Hall–Kier alpha value is -4.11. The van der Waals surface area contributed by atoms with Crippen molar-refractivity contribution >= 4 is 35.5 Å². The third-order valence-corrected chi connectivity index (χ3v) is 4.94. The lowest BCUT2D eigenvalue weighted by molar-refractivity contribution is -0.384. The minimum absolute atomic E-state index is 0.00929. The van der Waals surface area contributed by atoms with E-state index in [4.69, 9.17) is 23.7 Å². The van der Waals surface area contributed by atoms with Crippen LogP contribution in [-0.4, -0.2) is 85.7 Å². The maximum atomic E-state index is 13.0. The summed E-state index contributed by atoms with van der Waals surface area (Å²) in [5, 5.41) is 13.4. The molecule has 1 heterocycles. The molecule has 37 heavy (non-hydrogen) atoms. The summed E-state index contributed by atoms with van der Waals surface area (Å²) in [7, 11) is 1.11. The second-order valence-electron chi connectivity index (χ2n) is 7.68. The summed E-state index contributed by atoms with van der Waals surface area (Å²) < 4.78 is 31.4. The van der Waals surface area contributed by atoms with Crippen molar-refractivity contribution in [3.8, 4) is 0 Å². The van der Waals surface area contributed by atoms with Crippen LogP contribution in [0.1, 0.15) is 31.1 Å². The summed E-state index contributed by atoms with van der Waals surface area (Å²) in [6, 6.07) is 3.23. The predicted octanol–water partition coefficient (Wildman–Crippen LogP) is 0.0342. The Morgan fingerprint density at radius 2 is 1.59 bits per heavy atom. The van der Waals surface area contributed by atoms with Gasteiger partial charge in [-0.05, 0) is 12.1 Å². The largest absolute Gasteiger partial charge is 0.467 e. The van der Waals surface area contributed by atoms with E-state index in [1.807, 2.05) is 0 Å². The molecule has 5 atom stereocenters. The lowest BCUT2D eigenvalue weighted by Gasteiger charge is -2.44. The molecule has 1 saturated heterocycles. The smallest absolute Gasteiger partial charge is 0.331 e. The van der Waals surface area contributed by atoms with Crippen LogP contribution in [0.5, 0.6) is 0 Å². The minimum atomic E-state index is -1.55. The summed E-state index contributed by atoms with van der Waals surface area (Å²) in [6.45, 7) is 2.18. The average Bonchev–Trinajstić information content (AvgIpc) is 2.83. The molecule has 1 aliphatic heterocycles. The molecule has 0 bridgehead atoms. The quantitative estimate of drug-likeness (QED) is 0.186. The second-order valence-corrected chi connectivity index (χ2v) is 7.68. The van der Waals surface area contributed by atoms with E-state index in [1.165, 1.54) is 12.1 Å². The van der Waals surface area contributed by atoms with Crippen molar-refractivity contribution in [2.45, 2.75) is 51.4 Å². The molecule has 15 nitrogen and oxygen atoms in total. The summed E-state index contributed by atoms with van der Waals surface area (Å²) >= 11 is 0. The van der Waals surface area contributed by atoms with Gasteiger partial charge in [-0.1, -0.05) is 0 Å². The fraction of sp³-hybridized carbons (Fsp3) is 0.500. The van der Waals surface area contributed by atoms with Gasteiger partial charge < -0.3 is 33.7 Å². The Labute approximate surface area is 210 Å². The predicted molar refractivity (Wildman–Crippen MR) is 119 cm³/mol. The van der Waals surface area contributed by atoms with Crippen LogP contribution in [0, 0.1) is 10.1 Å². The highest BCUT2D eigenvalue weighted by Crippen LogP contribution is 2.28. The van der Waals surface area contributed by atoms with E-state index in [9.17, 15) is 34.1 Å². The van der Waals surface area contributed by atoms with Crippen molar-refractivity contribution in [1.29, 1.82) is 0 Å². The number of ether oxygens (including phenoxy) is 6. The minimum Gasteiger partial charge on any atom is -0.467 e. The molecule has 202 valence electrons. The number of hydrogen-bond donors (Lipinski definition) is 1. The Morgan fingerprint density at radius 3 is 2.11 bits per heavy atom. The molecule has 1 aromatic rings. The standard InChI is InChI=1S/C22H26N2O13/c1-11(25)33-9-16-19(35-12(2)26)20(34-10-17(28)32-4)18(22(37-16)36-13(3)27)23-21(29)14-5-7-15(8-6-14)24(30)31/h5-8,16,18-20,22H,9-10H2,1-4H3,(H,23,29)/t16-,18-,19-,20+,22+/m0/s1. The van der Waals surface area contributed by atoms with Crippen LogP contribution in [-0.2, 0) is 47.6 Å². The van der Waals surface area contributed by atoms with Crippen molar-refractivity contribution in [1.82, 2.24) is 5.32 Å². The normalized spacial score (nSPS) is 22.8. The molecule has 2 rings (SSSR count). The van der Waals surface area contributed by atoms with Gasteiger partial charge in [0.05, 0.1) is 12.0 Å². The van der Waals surface area contributed by atoms with E-state index in [2.05, 4.69) is 10.1 Å². The Kier molecular flexibility index (Phi) is 10.4. The summed E-state index contributed by atoms with van der Waals surface area (Å²) in [5.41, 5.74) is -0.261. The first-order valence-corrected chi connectivity index (χ1v) is 10.8. The maximum absolute atomic E-state index is 13.0. The highest BCUT2D eigenvalue weighted by molar-refractivity contribution is 5.94. The number of nitrogens with one attached hydrogen (secondary N) is 1. The first-order valence-electron chi connectivity index (χ1n) is 10.8. The van der Waals surface area contributed by atoms with Crippen LogP contribution in [0.2, 0.25) is 0 Å². The second kappa shape index (κ2) is 13.3. The van der Waals surface area contributed by atoms with Crippen molar-refractivity contribution in [3.05, 3.63) is 39.9 Å². The first kappa shape index (κ1) is 29.1. The number of hydrogen-bond acceptors (Lipinski definition) is 13. The highest BCUT2D eigenvalue weighted by Gasteiger charge is 2.51. The van der Waals surface area contributed by atoms with Crippen molar-refractivity contribution < 1.29 is 57.3 Å². The number of methoxy groups -OCH3 is 1. The number of non-ortho nitro benzene ring substituents is 1. The van der Waals surface area contributed by atoms with Gasteiger partial charge >= 0.3 is 23.9 Å². The molecule has 0 spiro atoms. The molecule has 0 aromatic heterocycles. The number of nitrogens with zero attached hydrogens (tertiary/aromatic N) is 1. The lowest BCUT2D eigenvalue weighted by Crippen LogP contribution is -2.66. The van der Waals surface area contributed by atoms with Gasteiger partial charge in [0.15, 0.2) is 6.10 Å². The van der Waals surface area contributed by atoms with Gasteiger partial charge in [-0.25, -0.2) is 4.79 Å². The summed E-state index contributed by atoms with van der Waals surface area (Å²) in [4.78, 5) is 70.1. The molecule has 15 heteroatoms. The van der Waals surface area contributed by atoms with Gasteiger partial charge in [0.2, 0.25) is 6.29 Å². The van der Waals surface area contributed by atoms with Crippen LogP contribution in [0.25, 0.3) is 0 Å². The molecular formula is C22H26N2O13. The summed E-state index contributed by atoms with van der Waals surface area (Å²) in [6.07, 6.45) is -5.50. The fourth-order valence-corrected chi connectivity index (χ4v) is 3.38. The molecule has 0 unspecified atom stereocenters. The fourth-order valence-electron chi connectivity index (χ4n) is 3.38. The van der Waals surface area contributed by atoms with E-state index in [1.54, 1.807) is 0 Å². The topological polar surface area (TPSA) is 196 Å². The Bertz CT molecular complexity index is 1030. The SMILES string of the molecule is COC(=O)CO[C@@H]1[C@H](NC(=O)c2ccc([N+](=O)[O-])cc2)[C@H](OC(C)=O)O[C@@H](COC(C)=O)[C@@H]1OC(C)=O. The molecular weight excluding hydrogens is 500 g/mol. The van der Waals surface area contributed by atoms with Crippen LogP contribution in [0.15, 0.2) is 24.3 Å². The number of nitro benzene ring substituents is 1. The van der Waals surface area contributed by atoms with Gasteiger partial charge in [-0.15, -0.1) is 0 Å². The average molecular weight is 526 g/mol. The Balaban J connectivity index is 2.46. The van der Waals surface area contributed by atoms with Crippen molar-refractivity contribution in [3.63, 3.8) is 0 Å². The summed E-state index contributed by atoms with van der Waals surface area (Å²) in [5.74, 6) is -3.89. The van der Waals surface area contributed by atoms with Crippen LogP contribution in [0.3, 0.4) is 0 Å². The zero-order chi connectivity index (χ0) is 27.7. The van der Waals surface area contributed by atoms with E-state index in [-0.39, 0.29) is 11.3 Å². The van der Waals surface area contributed by atoms with Gasteiger partial charge in [-0.3, -0.25) is 29.3 Å². The number of carbonyl (C=O) groups is 5. The number of nitro groups is 1. The van der Waals surface area contributed by atoms with Crippen LogP contribution in [0.4, 0.5) is 5.69 Å². The zero-order valence-corrected chi connectivity index (χ0v) is 20.4. The van der Waals surface area contributed by atoms with E-state index < -0.39 is 78.6 Å². The maximum Gasteiger partial charge on any atom is 0.331 e. The molecule has 0 aliphatic carbocycles. The van der Waals surface area contributed by atoms with Gasteiger partial charge in [-0.2, -0.15) is 0 Å². The van der Waals surface area contributed by atoms with Crippen LogP contribution >= 0.6 is 0 Å². The molecule has 0 saturated carbocycles. The van der Waals surface area contributed by atoms with E-state index in [0.717, 1.165) is 40.0 Å². The van der Waals surface area contributed by atoms with E-state index in [0.29, 0.717) is 0 Å². The highest BCUT2D eigenvalue weighted by atomic mass is 16.7. The number of carbonyl (C=O) groups excluding carboxylic acids is 5. The molecule has 0 radical (unpaired) electrons.